The Kier molecular flexibility index (Phi) is 5.17. The topological polar surface area (TPSA) is 71.5 Å². The van der Waals surface area contributed by atoms with Crippen molar-refractivity contribution in [2.24, 2.45) is 0 Å². The molecule has 1 aromatic heterocycles. The molecule has 1 N–H and O–H groups in total. The van der Waals surface area contributed by atoms with E-state index in [-0.39, 0.29) is 11.7 Å². The second-order valence-electron chi connectivity index (χ2n) is 7.66. The van der Waals surface area contributed by atoms with Crippen LogP contribution in [0.4, 0.5) is 10.6 Å². The van der Waals surface area contributed by atoms with Gasteiger partial charge in [0.05, 0.1) is 5.56 Å². The Morgan fingerprint density at radius 2 is 1.81 bits per heavy atom. The monoisotopic (exact) mass is 367 g/mol. The lowest BCUT2D eigenvalue weighted by Gasteiger charge is -2.32. The third-order valence-corrected chi connectivity index (χ3v) is 4.40. The normalized spacial score (nSPS) is 13.7. The number of hydrogen-bond donors (Lipinski definition) is 1. The maximum absolute atomic E-state index is 13.0. The number of rotatable bonds is 3. The van der Waals surface area contributed by atoms with Gasteiger partial charge in [0.2, 0.25) is 0 Å². The van der Waals surface area contributed by atoms with Crippen LogP contribution >= 0.6 is 0 Å². The fourth-order valence-corrected chi connectivity index (χ4v) is 2.95. The van der Waals surface area contributed by atoms with Crippen LogP contribution in [-0.2, 0) is 4.74 Å². The van der Waals surface area contributed by atoms with Crippen molar-refractivity contribution in [1.82, 2.24) is 9.88 Å². The summed E-state index contributed by atoms with van der Waals surface area (Å²) in [5, 5.41) is 2.65. The fraction of sp³-hybridized carbons (Fsp3) is 0.381. The standard InChI is InChI=1S/C21H25N3O3/c1-14-16(15-9-6-5-7-10-15)13-22-18(23-20(26)27-21(2,3)4)17(14)19(25)24-11-8-12-24/h5-7,9-10,13H,8,11-12H2,1-4H3,(H,22,23,26). The number of benzene rings is 1. The van der Waals surface area contributed by atoms with Crippen LogP contribution < -0.4 is 5.32 Å². The highest BCUT2D eigenvalue weighted by molar-refractivity contribution is 6.04. The quantitative estimate of drug-likeness (QED) is 0.880. The molecule has 2 aromatic rings. The molecule has 1 saturated heterocycles. The Bertz CT molecular complexity index is 853. The first-order valence-electron chi connectivity index (χ1n) is 9.10. The lowest BCUT2D eigenvalue weighted by Crippen LogP contribution is -2.42. The fourth-order valence-electron chi connectivity index (χ4n) is 2.95. The van der Waals surface area contributed by atoms with Gasteiger partial charge in [-0.2, -0.15) is 0 Å². The van der Waals surface area contributed by atoms with E-state index < -0.39 is 11.7 Å². The van der Waals surface area contributed by atoms with Gasteiger partial charge in [-0.1, -0.05) is 30.3 Å². The van der Waals surface area contributed by atoms with Crippen LogP contribution in [0.5, 0.6) is 0 Å². The lowest BCUT2D eigenvalue weighted by atomic mass is 9.97. The van der Waals surface area contributed by atoms with Gasteiger partial charge in [0.15, 0.2) is 0 Å². The minimum absolute atomic E-state index is 0.116. The van der Waals surface area contributed by atoms with E-state index in [9.17, 15) is 9.59 Å². The van der Waals surface area contributed by atoms with Gasteiger partial charge in [-0.25, -0.2) is 9.78 Å². The Balaban J connectivity index is 2.01. The number of likely N-dealkylation sites (tertiary alicyclic amines) is 1. The number of pyridine rings is 1. The maximum atomic E-state index is 13.0. The highest BCUT2D eigenvalue weighted by atomic mass is 16.6. The molecular formula is C21H25N3O3. The minimum Gasteiger partial charge on any atom is -0.444 e. The molecule has 0 bridgehead atoms. The van der Waals surface area contributed by atoms with Crippen molar-refractivity contribution in [2.45, 2.75) is 39.7 Å². The zero-order valence-corrected chi connectivity index (χ0v) is 16.2. The summed E-state index contributed by atoms with van der Waals surface area (Å²) in [6.45, 7) is 8.69. The maximum Gasteiger partial charge on any atom is 0.413 e. The summed E-state index contributed by atoms with van der Waals surface area (Å²) < 4.78 is 5.32. The average molecular weight is 367 g/mol. The molecule has 142 valence electrons. The van der Waals surface area contributed by atoms with Gasteiger partial charge in [-0.05, 0) is 45.2 Å². The average Bonchev–Trinajstić information content (AvgIpc) is 2.52. The number of carbonyl (C=O) groups is 2. The van der Waals surface area contributed by atoms with Gasteiger partial charge in [-0.3, -0.25) is 10.1 Å². The predicted molar refractivity (Wildman–Crippen MR) is 105 cm³/mol. The Labute approximate surface area is 159 Å². The Morgan fingerprint density at radius 3 is 2.37 bits per heavy atom. The number of amides is 2. The van der Waals surface area contributed by atoms with E-state index in [4.69, 9.17) is 4.74 Å². The first kappa shape index (κ1) is 18.9. The highest BCUT2D eigenvalue weighted by Gasteiger charge is 2.28. The SMILES string of the molecule is Cc1c(-c2ccccc2)cnc(NC(=O)OC(C)(C)C)c1C(=O)N1CCC1. The summed E-state index contributed by atoms with van der Waals surface area (Å²) in [5.74, 6) is 0.119. The molecular weight excluding hydrogens is 342 g/mol. The third kappa shape index (κ3) is 4.27. The third-order valence-electron chi connectivity index (χ3n) is 4.40. The second kappa shape index (κ2) is 7.39. The van der Waals surface area contributed by atoms with Crippen molar-refractivity contribution in [1.29, 1.82) is 0 Å². The van der Waals surface area contributed by atoms with Gasteiger partial charge in [0.1, 0.15) is 11.4 Å². The van der Waals surface area contributed by atoms with Crippen LogP contribution in [0.3, 0.4) is 0 Å². The Morgan fingerprint density at radius 1 is 1.15 bits per heavy atom. The lowest BCUT2D eigenvalue weighted by molar-refractivity contribution is 0.0635. The number of ether oxygens (including phenoxy) is 1. The first-order valence-corrected chi connectivity index (χ1v) is 9.10. The smallest absolute Gasteiger partial charge is 0.413 e. The van der Waals surface area contributed by atoms with Gasteiger partial charge in [0, 0.05) is 24.8 Å². The van der Waals surface area contributed by atoms with E-state index in [1.54, 1.807) is 31.9 Å². The van der Waals surface area contributed by atoms with Crippen LogP contribution in [0.25, 0.3) is 11.1 Å². The summed E-state index contributed by atoms with van der Waals surface area (Å²) in [6, 6.07) is 9.78. The van der Waals surface area contributed by atoms with Crippen molar-refractivity contribution in [3.8, 4) is 11.1 Å². The largest absolute Gasteiger partial charge is 0.444 e. The van der Waals surface area contributed by atoms with Gasteiger partial charge in [0.25, 0.3) is 5.91 Å². The first-order chi connectivity index (χ1) is 12.8. The molecule has 0 radical (unpaired) electrons. The molecule has 2 heterocycles. The zero-order chi connectivity index (χ0) is 19.6. The summed E-state index contributed by atoms with van der Waals surface area (Å²) in [6.07, 6.45) is 2.05. The van der Waals surface area contributed by atoms with Gasteiger partial charge < -0.3 is 9.64 Å². The van der Waals surface area contributed by atoms with E-state index in [1.165, 1.54) is 0 Å². The number of carbonyl (C=O) groups excluding carboxylic acids is 2. The summed E-state index contributed by atoms with van der Waals surface area (Å²) in [7, 11) is 0. The summed E-state index contributed by atoms with van der Waals surface area (Å²) in [5.41, 5.74) is 2.42. The second-order valence-corrected chi connectivity index (χ2v) is 7.66. The molecule has 1 aliphatic rings. The van der Waals surface area contributed by atoms with Crippen molar-refractivity contribution < 1.29 is 14.3 Å². The number of nitrogens with one attached hydrogen (secondary N) is 1. The molecule has 1 aliphatic heterocycles. The molecule has 0 unspecified atom stereocenters. The van der Waals surface area contributed by atoms with E-state index >= 15 is 0 Å². The molecule has 2 amide bonds. The zero-order valence-electron chi connectivity index (χ0n) is 16.2. The molecule has 0 atom stereocenters. The van der Waals surface area contributed by atoms with Crippen LogP contribution in [0.1, 0.15) is 43.1 Å². The number of aromatic nitrogens is 1. The molecule has 0 saturated carbocycles. The molecule has 27 heavy (non-hydrogen) atoms. The molecule has 1 aromatic carbocycles. The van der Waals surface area contributed by atoms with Gasteiger partial charge >= 0.3 is 6.09 Å². The molecule has 3 rings (SSSR count). The van der Waals surface area contributed by atoms with Crippen molar-refractivity contribution in [3.05, 3.63) is 47.7 Å². The number of nitrogens with zero attached hydrogens (tertiary/aromatic N) is 2. The van der Waals surface area contributed by atoms with Crippen LogP contribution in [0, 0.1) is 6.92 Å². The molecule has 6 heteroatoms. The van der Waals surface area contributed by atoms with Gasteiger partial charge in [-0.15, -0.1) is 0 Å². The van der Waals surface area contributed by atoms with E-state index in [0.29, 0.717) is 5.56 Å². The van der Waals surface area contributed by atoms with E-state index in [0.717, 1.165) is 36.2 Å². The van der Waals surface area contributed by atoms with E-state index in [1.807, 2.05) is 37.3 Å². The number of hydrogen-bond acceptors (Lipinski definition) is 4. The van der Waals surface area contributed by atoms with Crippen molar-refractivity contribution >= 4 is 17.8 Å². The van der Waals surface area contributed by atoms with Crippen LogP contribution in [-0.4, -0.2) is 40.6 Å². The van der Waals surface area contributed by atoms with Crippen LogP contribution in [0.15, 0.2) is 36.5 Å². The molecule has 0 spiro atoms. The van der Waals surface area contributed by atoms with Crippen LogP contribution in [0.2, 0.25) is 0 Å². The molecule has 1 fully saturated rings. The predicted octanol–water partition coefficient (Wildman–Crippen LogP) is 4.25. The summed E-state index contributed by atoms with van der Waals surface area (Å²) >= 11 is 0. The Hall–Kier alpha value is -2.89. The minimum atomic E-state index is -0.634. The number of anilines is 1. The highest BCUT2D eigenvalue weighted by Crippen LogP contribution is 2.30. The van der Waals surface area contributed by atoms with Crippen molar-refractivity contribution in [2.75, 3.05) is 18.4 Å². The van der Waals surface area contributed by atoms with E-state index in [2.05, 4.69) is 10.3 Å². The molecule has 6 nitrogen and oxygen atoms in total. The molecule has 0 aliphatic carbocycles. The summed E-state index contributed by atoms with van der Waals surface area (Å²) in [4.78, 5) is 31.4. The van der Waals surface area contributed by atoms with Crippen molar-refractivity contribution in [3.63, 3.8) is 0 Å².